The lowest BCUT2D eigenvalue weighted by Gasteiger charge is -2.21. The van der Waals surface area contributed by atoms with Crippen LogP contribution in [0.4, 0.5) is 0 Å². The molecule has 4 nitrogen and oxygen atoms in total. The molecule has 0 bridgehead atoms. The average Bonchev–Trinajstić information content (AvgIpc) is 2.63. The molecule has 0 radical (unpaired) electrons. The van der Waals surface area contributed by atoms with Gasteiger partial charge in [0.1, 0.15) is 0 Å². The Morgan fingerprint density at radius 3 is 2.80 bits per heavy atom. The highest BCUT2D eigenvalue weighted by Gasteiger charge is 2.08. The number of ether oxygens (including phenoxy) is 1. The van der Waals surface area contributed by atoms with Crippen molar-refractivity contribution >= 4 is 6.21 Å². The second kappa shape index (κ2) is 10.7. The van der Waals surface area contributed by atoms with Gasteiger partial charge in [-0.05, 0) is 49.1 Å². The number of nitrogens with zero attached hydrogens (tertiary/aromatic N) is 3. The van der Waals surface area contributed by atoms with Crippen molar-refractivity contribution in [3.63, 3.8) is 0 Å². The van der Waals surface area contributed by atoms with Crippen LogP contribution in [0.3, 0.4) is 0 Å². The second-order valence-corrected chi connectivity index (χ2v) is 6.18. The van der Waals surface area contributed by atoms with E-state index < -0.39 is 0 Å². The fourth-order valence-corrected chi connectivity index (χ4v) is 2.77. The van der Waals surface area contributed by atoms with Crippen LogP contribution >= 0.6 is 0 Å². The largest absolute Gasteiger partial charge is 0.384 e. The topological polar surface area (TPSA) is 37.7 Å². The molecule has 0 spiro atoms. The fraction of sp³-hybridized carbons (Fsp3) is 0.429. The standard InChI is InChI=1S/C21H29N3O/c1-4-22-12-13-24(17-21-7-5-6-11-23-21)16-19-9-8-18(2)20(15-19)10-14-25-3/h5-9,11-12,15H,4,10,13-14,16-17H2,1-3H3. The van der Waals surface area contributed by atoms with Gasteiger partial charge in [-0.2, -0.15) is 0 Å². The van der Waals surface area contributed by atoms with Gasteiger partial charge in [0.15, 0.2) is 0 Å². The van der Waals surface area contributed by atoms with Gasteiger partial charge in [-0.3, -0.25) is 14.9 Å². The van der Waals surface area contributed by atoms with Crippen molar-refractivity contribution in [2.75, 3.05) is 26.8 Å². The summed E-state index contributed by atoms with van der Waals surface area (Å²) in [6.45, 7) is 8.32. The number of pyridine rings is 1. The molecule has 134 valence electrons. The Hall–Kier alpha value is -2.04. The second-order valence-electron chi connectivity index (χ2n) is 6.18. The Morgan fingerprint density at radius 2 is 2.08 bits per heavy atom. The van der Waals surface area contributed by atoms with E-state index in [0.29, 0.717) is 0 Å². The number of benzene rings is 1. The predicted molar refractivity (Wildman–Crippen MR) is 104 cm³/mol. The molecule has 0 saturated carbocycles. The zero-order chi connectivity index (χ0) is 17.9. The lowest BCUT2D eigenvalue weighted by atomic mass is 10.0. The van der Waals surface area contributed by atoms with Crippen molar-refractivity contribution in [3.8, 4) is 0 Å². The lowest BCUT2D eigenvalue weighted by Crippen LogP contribution is -2.25. The maximum Gasteiger partial charge on any atom is 0.0544 e. The van der Waals surface area contributed by atoms with E-state index in [1.54, 1.807) is 7.11 Å². The molecule has 0 atom stereocenters. The average molecular weight is 339 g/mol. The number of aryl methyl sites for hydroxylation is 1. The zero-order valence-electron chi connectivity index (χ0n) is 15.6. The van der Waals surface area contributed by atoms with Gasteiger partial charge in [0.05, 0.1) is 12.3 Å². The van der Waals surface area contributed by atoms with Crippen LogP contribution in [0.25, 0.3) is 0 Å². The maximum absolute atomic E-state index is 5.23. The molecule has 25 heavy (non-hydrogen) atoms. The third-order valence-electron chi connectivity index (χ3n) is 4.16. The number of rotatable bonds is 10. The predicted octanol–water partition coefficient (Wildman–Crippen LogP) is 3.67. The van der Waals surface area contributed by atoms with E-state index in [-0.39, 0.29) is 0 Å². The fourth-order valence-electron chi connectivity index (χ4n) is 2.77. The number of hydrogen-bond acceptors (Lipinski definition) is 4. The van der Waals surface area contributed by atoms with E-state index >= 15 is 0 Å². The van der Waals surface area contributed by atoms with E-state index in [2.05, 4.69) is 53.0 Å². The summed E-state index contributed by atoms with van der Waals surface area (Å²) in [6, 6.07) is 12.8. The minimum absolute atomic E-state index is 0.755. The van der Waals surface area contributed by atoms with E-state index in [4.69, 9.17) is 4.74 Å². The summed E-state index contributed by atoms with van der Waals surface area (Å²) in [5, 5.41) is 0. The van der Waals surface area contributed by atoms with Gasteiger partial charge >= 0.3 is 0 Å². The van der Waals surface area contributed by atoms with Gasteiger partial charge in [0, 0.05) is 45.7 Å². The Kier molecular flexibility index (Phi) is 8.29. The normalized spacial score (nSPS) is 11.5. The highest BCUT2D eigenvalue weighted by molar-refractivity contribution is 5.59. The van der Waals surface area contributed by atoms with Gasteiger partial charge in [-0.1, -0.05) is 24.3 Å². The van der Waals surface area contributed by atoms with Crippen LogP contribution in [0.5, 0.6) is 0 Å². The molecule has 0 unspecified atom stereocenters. The quantitative estimate of drug-likeness (QED) is 0.620. The van der Waals surface area contributed by atoms with Crippen LogP contribution in [0.1, 0.15) is 29.3 Å². The van der Waals surface area contributed by atoms with E-state index in [1.165, 1.54) is 16.7 Å². The molecule has 0 fully saturated rings. The summed E-state index contributed by atoms with van der Waals surface area (Å²) in [4.78, 5) is 11.2. The summed E-state index contributed by atoms with van der Waals surface area (Å²) < 4.78 is 5.23. The van der Waals surface area contributed by atoms with Crippen LogP contribution in [-0.4, -0.2) is 42.9 Å². The Bertz CT molecular complexity index is 655. The number of aromatic nitrogens is 1. The van der Waals surface area contributed by atoms with Crippen LogP contribution in [0.15, 0.2) is 47.6 Å². The van der Waals surface area contributed by atoms with Crippen molar-refractivity contribution in [1.82, 2.24) is 9.88 Å². The highest BCUT2D eigenvalue weighted by atomic mass is 16.5. The first kappa shape index (κ1) is 19.3. The minimum atomic E-state index is 0.755. The van der Waals surface area contributed by atoms with E-state index in [9.17, 15) is 0 Å². The molecule has 0 aliphatic carbocycles. The van der Waals surface area contributed by atoms with Gasteiger partial charge in [0.25, 0.3) is 0 Å². The molecular formula is C21H29N3O. The van der Waals surface area contributed by atoms with Gasteiger partial charge < -0.3 is 4.74 Å². The van der Waals surface area contributed by atoms with Crippen molar-refractivity contribution in [3.05, 3.63) is 65.0 Å². The Morgan fingerprint density at radius 1 is 1.20 bits per heavy atom. The Labute approximate surface area is 151 Å². The first-order chi connectivity index (χ1) is 12.2. The minimum Gasteiger partial charge on any atom is -0.384 e. The molecular weight excluding hydrogens is 310 g/mol. The summed E-state index contributed by atoms with van der Waals surface area (Å²) >= 11 is 0. The molecule has 1 aromatic heterocycles. The van der Waals surface area contributed by atoms with Crippen LogP contribution in [0.2, 0.25) is 0 Å². The number of methoxy groups -OCH3 is 1. The van der Waals surface area contributed by atoms with Crippen molar-refractivity contribution in [2.45, 2.75) is 33.4 Å². The number of hydrogen-bond donors (Lipinski definition) is 0. The van der Waals surface area contributed by atoms with Crippen molar-refractivity contribution in [2.24, 2.45) is 4.99 Å². The SMILES string of the molecule is CCN=CCN(Cc1ccc(C)c(CCOC)c1)Cc1ccccn1. The molecule has 1 heterocycles. The molecule has 0 aliphatic heterocycles. The molecule has 4 heteroatoms. The van der Waals surface area contributed by atoms with Gasteiger partial charge in [0.2, 0.25) is 0 Å². The molecule has 0 aliphatic rings. The summed E-state index contributed by atoms with van der Waals surface area (Å²) in [5.41, 5.74) is 5.08. The highest BCUT2D eigenvalue weighted by Crippen LogP contribution is 2.15. The smallest absolute Gasteiger partial charge is 0.0544 e. The third kappa shape index (κ3) is 6.77. The molecule has 0 saturated heterocycles. The van der Waals surface area contributed by atoms with E-state index in [0.717, 1.165) is 44.9 Å². The summed E-state index contributed by atoms with van der Waals surface area (Å²) in [7, 11) is 1.75. The molecule has 2 aromatic rings. The van der Waals surface area contributed by atoms with Crippen LogP contribution < -0.4 is 0 Å². The third-order valence-corrected chi connectivity index (χ3v) is 4.16. The van der Waals surface area contributed by atoms with Gasteiger partial charge in [-0.15, -0.1) is 0 Å². The maximum atomic E-state index is 5.23. The monoisotopic (exact) mass is 339 g/mol. The first-order valence-electron chi connectivity index (χ1n) is 8.90. The molecule has 2 rings (SSSR count). The molecule has 0 N–H and O–H groups in total. The lowest BCUT2D eigenvalue weighted by molar-refractivity contribution is 0.202. The molecule has 1 aromatic carbocycles. The van der Waals surface area contributed by atoms with Crippen LogP contribution in [-0.2, 0) is 24.2 Å². The van der Waals surface area contributed by atoms with Crippen molar-refractivity contribution < 1.29 is 4.74 Å². The summed E-state index contributed by atoms with van der Waals surface area (Å²) in [6.07, 6.45) is 4.80. The summed E-state index contributed by atoms with van der Waals surface area (Å²) in [5.74, 6) is 0. The first-order valence-corrected chi connectivity index (χ1v) is 8.90. The number of aliphatic imine (C=N–C) groups is 1. The van der Waals surface area contributed by atoms with Gasteiger partial charge in [-0.25, -0.2) is 0 Å². The molecule has 0 amide bonds. The Balaban J connectivity index is 2.10. The zero-order valence-corrected chi connectivity index (χ0v) is 15.6. The van der Waals surface area contributed by atoms with Crippen molar-refractivity contribution in [1.29, 1.82) is 0 Å². The van der Waals surface area contributed by atoms with E-state index in [1.807, 2.05) is 24.5 Å². The van der Waals surface area contributed by atoms with Crippen LogP contribution in [0, 0.1) is 6.92 Å².